The van der Waals surface area contributed by atoms with Crippen LogP contribution in [0, 0.1) is 20.8 Å². The van der Waals surface area contributed by atoms with E-state index in [-0.39, 0.29) is 0 Å². The molecule has 0 saturated carbocycles. The van der Waals surface area contributed by atoms with Crippen LogP contribution in [0.15, 0.2) is 188 Å². The van der Waals surface area contributed by atoms with Crippen LogP contribution in [0.2, 0.25) is 0 Å². The van der Waals surface area contributed by atoms with E-state index in [2.05, 4.69) is 133 Å². The van der Waals surface area contributed by atoms with Crippen molar-refractivity contribution in [1.82, 2.24) is 0 Å². The molecule has 0 unspecified atom stereocenters. The number of hydrogen-bond donors (Lipinski definition) is 0. The van der Waals surface area contributed by atoms with Gasteiger partial charge in [0.2, 0.25) is 0 Å². The maximum Gasteiger partial charge on any atom is 0.127 e. The summed E-state index contributed by atoms with van der Waals surface area (Å²) in [6.45, 7) is 14.9. The molecule has 55 heavy (non-hydrogen) atoms. The second-order valence-electron chi connectivity index (χ2n) is 13.2. The van der Waals surface area contributed by atoms with Gasteiger partial charge >= 0.3 is 0 Å². The Morgan fingerprint density at radius 2 is 0.436 bits per heavy atom. The fourth-order valence-electron chi connectivity index (χ4n) is 5.05. The summed E-state index contributed by atoms with van der Waals surface area (Å²) in [4.78, 5) is 0. The molecule has 2 nitrogen and oxygen atoms in total. The smallest absolute Gasteiger partial charge is 0.127 e. The normalized spacial score (nSPS) is 9.65. The van der Waals surface area contributed by atoms with Crippen molar-refractivity contribution in [3.05, 3.63) is 227 Å². The first-order valence-corrected chi connectivity index (χ1v) is 19.6. The summed E-state index contributed by atoms with van der Waals surface area (Å²) in [6, 6.07) is 63.8. The van der Waals surface area contributed by atoms with Gasteiger partial charge in [-0.1, -0.05) is 184 Å². The van der Waals surface area contributed by atoms with Gasteiger partial charge in [-0.25, -0.2) is 0 Å². The van der Waals surface area contributed by atoms with Crippen molar-refractivity contribution in [3.63, 3.8) is 0 Å². The molecule has 0 N–H and O–H groups in total. The quantitative estimate of drug-likeness (QED) is 0.155. The van der Waals surface area contributed by atoms with Crippen LogP contribution in [0.5, 0.6) is 23.0 Å². The van der Waals surface area contributed by atoms with E-state index < -0.39 is 0 Å². The average Bonchev–Trinajstić information content (AvgIpc) is 3.24. The molecule has 7 aromatic rings. The van der Waals surface area contributed by atoms with Gasteiger partial charge in [0, 0.05) is 0 Å². The van der Waals surface area contributed by atoms with Crippen LogP contribution in [-0.2, 0) is 25.7 Å². The Balaban J connectivity index is 0.000000197. The van der Waals surface area contributed by atoms with E-state index in [0.29, 0.717) is 0 Å². The van der Waals surface area contributed by atoms with Crippen molar-refractivity contribution in [3.8, 4) is 23.0 Å². The summed E-state index contributed by atoms with van der Waals surface area (Å²) in [5.74, 6) is 3.58. The molecule has 0 saturated heterocycles. The highest BCUT2D eigenvalue weighted by molar-refractivity contribution is 5.36. The first-order chi connectivity index (χ1) is 26.8. The van der Waals surface area contributed by atoms with E-state index in [9.17, 15) is 0 Å². The van der Waals surface area contributed by atoms with E-state index >= 15 is 0 Å². The van der Waals surface area contributed by atoms with Gasteiger partial charge in [0.05, 0.1) is 0 Å². The van der Waals surface area contributed by atoms with E-state index in [1.165, 1.54) is 38.9 Å². The van der Waals surface area contributed by atoms with E-state index in [4.69, 9.17) is 9.47 Å². The summed E-state index contributed by atoms with van der Waals surface area (Å²) in [5.41, 5.74) is 9.29. The van der Waals surface area contributed by atoms with Crippen LogP contribution in [0.25, 0.3) is 0 Å². The molecule has 0 aliphatic rings. The van der Waals surface area contributed by atoms with E-state index in [1.54, 1.807) is 0 Å². The fourth-order valence-corrected chi connectivity index (χ4v) is 5.05. The zero-order valence-corrected chi connectivity index (χ0v) is 34.0. The average molecular weight is 729 g/mol. The third kappa shape index (κ3) is 18.6. The lowest BCUT2D eigenvalue weighted by Gasteiger charge is -2.06. The third-order valence-electron chi connectivity index (χ3n) is 8.62. The van der Waals surface area contributed by atoms with Crippen LogP contribution in [-0.4, -0.2) is 0 Å². The Hall–Kier alpha value is -5.86. The zero-order chi connectivity index (χ0) is 39.5. The molecule has 0 spiro atoms. The van der Waals surface area contributed by atoms with Crippen LogP contribution >= 0.6 is 0 Å². The summed E-state index contributed by atoms with van der Waals surface area (Å²) < 4.78 is 11.6. The first kappa shape index (κ1) is 43.5. The molecule has 0 amide bonds. The Labute approximate surface area is 332 Å². The summed E-state index contributed by atoms with van der Waals surface area (Å²) >= 11 is 0. The van der Waals surface area contributed by atoms with Gasteiger partial charge in [-0.3, -0.25) is 0 Å². The van der Waals surface area contributed by atoms with E-state index in [1.807, 2.05) is 103 Å². The fraction of sp³-hybridized carbons (Fsp3) is 0.208. The Kier molecular flexibility index (Phi) is 20.6. The van der Waals surface area contributed by atoms with Crippen LogP contribution in [0.1, 0.15) is 66.6 Å². The van der Waals surface area contributed by atoms with Crippen molar-refractivity contribution >= 4 is 0 Å². The topological polar surface area (TPSA) is 18.5 Å². The van der Waals surface area contributed by atoms with Crippen LogP contribution in [0.4, 0.5) is 0 Å². The Morgan fingerprint density at radius 1 is 0.255 bits per heavy atom. The van der Waals surface area contributed by atoms with Gasteiger partial charge in [-0.15, -0.1) is 0 Å². The number of rotatable bonds is 8. The Bertz CT molecular complexity index is 1680. The highest BCUT2D eigenvalue weighted by atomic mass is 16.5. The number of aryl methyl sites for hydroxylation is 7. The molecule has 7 rings (SSSR count). The van der Waals surface area contributed by atoms with Crippen LogP contribution in [0.3, 0.4) is 0 Å². The van der Waals surface area contributed by atoms with Crippen molar-refractivity contribution < 1.29 is 9.47 Å². The molecule has 0 aliphatic carbocycles. The number of ether oxygens (including phenoxy) is 2. The predicted molar refractivity (Wildman–Crippen MR) is 237 cm³/mol. The monoisotopic (exact) mass is 728 g/mol. The largest absolute Gasteiger partial charge is 0.457 e. The molecule has 0 aromatic heterocycles. The SMILES string of the molecule is CCc1ccc(Oc2ccc(CC)cc2)cc1.CCc1ccc(Oc2ccc(CC)cc2)cc1.Cc1ccccc1.Cc1ccccc1.Cc1ccccc1. The van der Waals surface area contributed by atoms with Gasteiger partial charge in [0.1, 0.15) is 23.0 Å². The van der Waals surface area contributed by atoms with Crippen molar-refractivity contribution in [2.45, 2.75) is 74.1 Å². The molecule has 0 radical (unpaired) electrons. The second-order valence-corrected chi connectivity index (χ2v) is 13.2. The molecule has 0 heterocycles. The molecule has 7 aromatic carbocycles. The predicted octanol–water partition coefficient (Wildman–Crippen LogP) is 15.2. The summed E-state index contributed by atoms with van der Waals surface area (Å²) in [5, 5.41) is 0. The van der Waals surface area contributed by atoms with Crippen molar-refractivity contribution in [2.75, 3.05) is 0 Å². The zero-order valence-electron chi connectivity index (χ0n) is 34.0. The molecule has 0 bridgehead atoms. The summed E-state index contributed by atoms with van der Waals surface area (Å²) in [7, 11) is 0. The van der Waals surface area contributed by atoms with Crippen molar-refractivity contribution in [2.24, 2.45) is 0 Å². The van der Waals surface area contributed by atoms with Gasteiger partial charge < -0.3 is 9.47 Å². The highest BCUT2D eigenvalue weighted by Crippen LogP contribution is 2.23. The molecule has 284 valence electrons. The molecular formula is C53H60O2. The first-order valence-electron chi connectivity index (χ1n) is 19.6. The minimum Gasteiger partial charge on any atom is -0.457 e. The van der Waals surface area contributed by atoms with Gasteiger partial charge in [-0.05, 0) is 117 Å². The third-order valence-corrected chi connectivity index (χ3v) is 8.62. The molecule has 2 heteroatoms. The second kappa shape index (κ2) is 26.0. The van der Waals surface area contributed by atoms with Crippen molar-refractivity contribution in [1.29, 1.82) is 0 Å². The Morgan fingerprint density at radius 3 is 0.564 bits per heavy atom. The maximum atomic E-state index is 5.78. The summed E-state index contributed by atoms with van der Waals surface area (Å²) in [6.07, 6.45) is 4.24. The minimum atomic E-state index is 0.895. The number of benzene rings is 7. The molecule has 0 fully saturated rings. The molecule has 0 aliphatic heterocycles. The lowest BCUT2D eigenvalue weighted by Crippen LogP contribution is -1.86. The molecule has 0 atom stereocenters. The van der Waals surface area contributed by atoms with E-state index in [0.717, 1.165) is 48.7 Å². The highest BCUT2D eigenvalue weighted by Gasteiger charge is 1.99. The lowest BCUT2D eigenvalue weighted by molar-refractivity contribution is 0.482. The lowest BCUT2D eigenvalue weighted by atomic mass is 10.1. The molecular weight excluding hydrogens is 669 g/mol. The minimum absolute atomic E-state index is 0.895. The van der Waals surface area contributed by atoms with Crippen LogP contribution < -0.4 is 9.47 Å². The standard InChI is InChI=1S/2C16H18O.3C7H8/c2*1-3-13-5-9-15(10-6-13)17-16-11-7-14(4-2)8-12-16;3*1-7-5-3-2-4-6-7/h2*5-12H,3-4H2,1-2H3;3*2-6H,1H3. The van der Waals surface area contributed by atoms with Gasteiger partial charge in [0.15, 0.2) is 0 Å². The maximum absolute atomic E-state index is 5.78. The van der Waals surface area contributed by atoms with Gasteiger partial charge in [-0.2, -0.15) is 0 Å². The number of hydrogen-bond acceptors (Lipinski definition) is 2. The van der Waals surface area contributed by atoms with Gasteiger partial charge in [0.25, 0.3) is 0 Å².